The van der Waals surface area contributed by atoms with Gasteiger partial charge in [0.1, 0.15) is 12.3 Å². The lowest BCUT2D eigenvalue weighted by Crippen LogP contribution is -2.52. The van der Waals surface area contributed by atoms with E-state index in [-0.39, 0.29) is 47.7 Å². The number of aryl methyl sites for hydroxylation is 1. The molecular formula is C30H37ClFN5O5. The van der Waals surface area contributed by atoms with E-state index in [1.54, 1.807) is 28.5 Å². The second-order valence-electron chi connectivity index (χ2n) is 12.9. The number of halogens is 2. The van der Waals surface area contributed by atoms with Gasteiger partial charge < -0.3 is 19.6 Å². The number of ether oxygens (including phenoxy) is 1. The first-order valence-electron chi connectivity index (χ1n) is 14.7. The van der Waals surface area contributed by atoms with E-state index in [4.69, 9.17) is 16.3 Å². The van der Waals surface area contributed by atoms with Crippen molar-refractivity contribution in [2.45, 2.75) is 77.9 Å². The van der Waals surface area contributed by atoms with E-state index >= 15 is 4.39 Å². The average molecular weight is 602 g/mol. The van der Waals surface area contributed by atoms with Crippen molar-refractivity contribution in [3.8, 4) is 5.75 Å². The Hall–Kier alpha value is -3.21. The highest BCUT2D eigenvalue weighted by molar-refractivity contribution is 6.31. The maximum atomic E-state index is 15.7. The number of carboxylic acid groups (broad SMARTS) is 1. The molecule has 226 valence electrons. The lowest BCUT2D eigenvalue weighted by atomic mass is 9.66. The molecule has 1 aromatic carbocycles. The van der Waals surface area contributed by atoms with Crippen molar-refractivity contribution in [3.63, 3.8) is 0 Å². The highest BCUT2D eigenvalue weighted by atomic mass is 35.5. The molecule has 1 aromatic heterocycles. The molecule has 1 saturated heterocycles. The summed E-state index contributed by atoms with van der Waals surface area (Å²) < 4.78 is 23.5. The standard InChI is InChI=1S/C30H37ClFN5O5/c1-17-22(33-34-35(17)3)15-42-26-21(32)12-20(31)18-7-11-37(27(39)19-6-4-5-8-29(19,2)28(40)41)23(25(18)26)14-36-16-30(9-10-30)13-24(36)38/h12,19,23H,4-11,13-16H2,1-3H3,(H,40,41)/t19-,23+,29-/m0/s1. The number of likely N-dealkylation sites (tertiary alicyclic amines) is 1. The van der Waals surface area contributed by atoms with Gasteiger partial charge in [-0.3, -0.25) is 19.1 Å². The third-order valence-corrected chi connectivity index (χ3v) is 10.6. The maximum absolute atomic E-state index is 15.7. The number of carbonyl (C=O) groups is 3. The van der Waals surface area contributed by atoms with Crippen molar-refractivity contribution in [2.75, 3.05) is 19.6 Å². The predicted molar refractivity (Wildman–Crippen MR) is 150 cm³/mol. The van der Waals surface area contributed by atoms with Gasteiger partial charge in [0.15, 0.2) is 11.6 Å². The topological polar surface area (TPSA) is 118 Å². The molecule has 42 heavy (non-hydrogen) atoms. The Morgan fingerprint density at radius 1 is 1.26 bits per heavy atom. The molecule has 0 bridgehead atoms. The fourth-order valence-corrected chi connectivity index (χ4v) is 7.48. The van der Waals surface area contributed by atoms with Gasteiger partial charge in [-0.25, -0.2) is 4.39 Å². The molecular weight excluding hydrogens is 565 g/mol. The summed E-state index contributed by atoms with van der Waals surface area (Å²) in [5.74, 6) is -2.68. The highest BCUT2D eigenvalue weighted by Crippen LogP contribution is 2.54. The number of rotatable bonds is 7. The summed E-state index contributed by atoms with van der Waals surface area (Å²) in [6.45, 7) is 4.48. The zero-order valence-corrected chi connectivity index (χ0v) is 25.0. The fourth-order valence-electron chi connectivity index (χ4n) is 7.18. The molecule has 3 fully saturated rings. The molecule has 6 rings (SSSR count). The van der Waals surface area contributed by atoms with E-state index in [1.165, 1.54) is 6.07 Å². The number of carbonyl (C=O) groups excluding carboxylic acids is 2. The third-order valence-electron chi connectivity index (χ3n) is 10.2. The van der Waals surface area contributed by atoms with Crippen molar-refractivity contribution in [1.82, 2.24) is 24.8 Å². The molecule has 2 amide bonds. The van der Waals surface area contributed by atoms with Crippen LogP contribution in [-0.2, 0) is 34.5 Å². The van der Waals surface area contributed by atoms with Crippen LogP contribution in [-0.4, -0.2) is 67.3 Å². The number of hydrogen-bond acceptors (Lipinski definition) is 6. The molecule has 0 radical (unpaired) electrons. The van der Waals surface area contributed by atoms with Gasteiger partial charge in [0.25, 0.3) is 0 Å². The van der Waals surface area contributed by atoms with Crippen LogP contribution in [0.5, 0.6) is 5.75 Å². The van der Waals surface area contributed by atoms with Gasteiger partial charge >= 0.3 is 5.97 Å². The van der Waals surface area contributed by atoms with Gasteiger partial charge in [0, 0.05) is 43.7 Å². The zero-order chi connectivity index (χ0) is 30.0. The van der Waals surface area contributed by atoms with E-state index in [9.17, 15) is 19.5 Å². The number of aliphatic carboxylic acids is 1. The van der Waals surface area contributed by atoms with E-state index in [0.29, 0.717) is 49.0 Å². The van der Waals surface area contributed by atoms with Crippen molar-refractivity contribution < 1.29 is 28.6 Å². The summed E-state index contributed by atoms with van der Waals surface area (Å²) >= 11 is 6.61. The number of nitrogens with zero attached hydrogens (tertiary/aromatic N) is 5. The maximum Gasteiger partial charge on any atom is 0.310 e. The Morgan fingerprint density at radius 2 is 2.02 bits per heavy atom. The summed E-state index contributed by atoms with van der Waals surface area (Å²) in [6.07, 6.45) is 5.17. The van der Waals surface area contributed by atoms with Crippen molar-refractivity contribution in [3.05, 3.63) is 39.4 Å². The Bertz CT molecular complexity index is 1460. The summed E-state index contributed by atoms with van der Waals surface area (Å²) in [5, 5.41) is 18.5. The van der Waals surface area contributed by atoms with Crippen LogP contribution in [0, 0.1) is 29.5 Å². The molecule has 3 atom stereocenters. The zero-order valence-electron chi connectivity index (χ0n) is 24.3. The lowest BCUT2D eigenvalue weighted by Gasteiger charge is -2.45. The van der Waals surface area contributed by atoms with Crippen LogP contribution >= 0.6 is 11.6 Å². The van der Waals surface area contributed by atoms with Gasteiger partial charge in [0.05, 0.1) is 23.1 Å². The molecule has 4 aliphatic rings. The smallest absolute Gasteiger partial charge is 0.310 e. The first-order valence-corrected chi connectivity index (χ1v) is 15.1. The fraction of sp³-hybridized carbons (Fsp3) is 0.633. The molecule has 1 N–H and O–H groups in total. The first-order chi connectivity index (χ1) is 19.9. The van der Waals surface area contributed by atoms with Gasteiger partial charge in [-0.15, -0.1) is 5.10 Å². The molecule has 2 aliphatic carbocycles. The van der Waals surface area contributed by atoms with Gasteiger partial charge in [0.2, 0.25) is 11.8 Å². The summed E-state index contributed by atoms with van der Waals surface area (Å²) in [4.78, 5) is 43.4. The van der Waals surface area contributed by atoms with E-state index < -0.39 is 29.2 Å². The molecule has 3 heterocycles. The van der Waals surface area contributed by atoms with Gasteiger partial charge in [-0.1, -0.05) is 29.7 Å². The van der Waals surface area contributed by atoms with Crippen LogP contribution in [0.25, 0.3) is 0 Å². The molecule has 0 unspecified atom stereocenters. The quantitative estimate of drug-likeness (QED) is 0.505. The minimum atomic E-state index is -1.20. The number of benzene rings is 1. The Balaban J connectivity index is 1.41. The normalized spacial score (nSPS) is 26.5. The van der Waals surface area contributed by atoms with Crippen LogP contribution in [0.3, 0.4) is 0 Å². The van der Waals surface area contributed by atoms with Crippen molar-refractivity contribution in [2.24, 2.45) is 23.8 Å². The first kappa shape index (κ1) is 28.9. The monoisotopic (exact) mass is 601 g/mol. The average Bonchev–Trinajstić information content (AvgIpc) is 3.53. The Kier molecular flexibility index (Phi) is 7.22. The minimum absolute atomic E-state index is 0.00289. The van der Waals surface area contributed by atoms with Crippen LogP contribution < -0.4 is 4.74 Å². The summed E-state index contributed by atoms with van der Waals surface area (Å²) in [5.41, 5.74) is 1.23. The van der Waals surface area contributed by atoms with E-state index in [2.05, 4.69) is 10.3 Å². The Labute approximate surface area is 249 Å². The lowest BCUT2D eigenvalue weighted by molar-refractivity contribution is -0.162. The van der Waals surface area contributed by atoms with Gasteiger partial charge in [-0.2, -0.15) is 0 Å². The number of amides is 2. The van der Waals surface area contributed by atoms with Crippen molar-refractivity contribution >= 4 is 29.4 Å². The molecule has 1 spiro atoms. The van der Waals surface area contributed by atoms with Crippen LogP contribution in [0.4, 0.5) is 4.39 Å². The molecule has 12 heteroatoms. The number of hydrogen-bond donors (Lipinski definition) is 1. The SMILES string of the molecule is Cc1c(COc2c(F)cc(Cl)c3c2[C@@H](CN2CC4(CC4)CC2=O)N(C(=O)[C@@H]2CCCC[C@]2(C)C(=O)O)CC3)nnn1C. The number of fused-ring (bicyclic) bond motifs is 1. The van der Waals surface area contributed by atoms with Crippen LogP contribution in [0.1, 0.15) is 80.4 Å². The highest BCUT2D eigenvalue weighted by Gasteiger charge is 2.54. The predicted octanol–water partition coefficient (Wildman–Crippen LogP) is 4.21. The third kappa shape index (κ3) is 4.83. The second kappa shape index (κ2) is 10.5. The van der Waals surface area contributed by atoms with E-state index in [1.807, 2.05) is 6.92 Å². The number of aromatic nitrogens is 3. The largest absolute Gasteiger partial charge is 0.484 e. The second-order valence-corrected chi connectivity index (χ2v) is 13.3. The van der Waals surface area contributed by atoms with Crippen LogP contribution in [0.2, 0.25) is 5.02 Å². The molecule has 2 saturated carbocycles. The number of carboxylic acids is 1. The minimum Gasteiger partial charge on any atom is -0.484 e. The Morgan fingerprint density at radius 3 is 2.67 bits per heavy atom. The van der Waals surface area contributed by atoms with E-state index in [0.717, 1.165) is 31.4 Å². The molecule has 2 aromatic rings. The van der Waals surface area contributed by atoms with Crippen LogP contribution in [0.15, 0.2) is 6.07 Å². The van der Waals surface area contributed by atoms with Gasteiger partial charge in [-0.05, 0) is 63.0 Å². The molecule has 10 nitrogen and oxygen atoms in total. The summed E-state index contributed by atoms with van der Waals surface area (Å²) in [6, 6.07) is 0.488. The summed E-state index contributed by atoms with van der Waals surface area (Å²) in [7, 11) is 1.76. The molecule has 2 aliphatic heterocycles. The van der Waals surface area contributed by atoms with Crippen molar-refractivity contribution in [1.29, 1.82) is 0 Å².